The first-order chi connectivity index (χ1) is 10.6. The second kappa shape index (κ2) is 6.48. The Bertz CT molecular complexity index is 623. The van der Waals surface area contributed by atoms with E-state index in [2.05, 4.69) is 32.1 Å². The second-order valence-electron chi connectivity index (χ2n) is 6.34. The molecular weight excluding hydrogens is 276 g/mol. The van der Waals surface area contributed by atoms with Crippen LogP contribution in [0.15, 0.2) is 28.9 Å². The minimum Gasteiger partial charge on any atom is -0.363 e. The lowest BCUT2D eigenvalue weighted by Crippen LogP contribution is -2.34. The molecule has 22 heavy (non-hydrogen) atoms. The third-order valence-corrected chi connectivity index (χ3v) is 4.27. The van der Waals surface area contributed by atoms with Crippen LogP contribution in [0, 0.1) is 6.92 Å². The summed E-state index contributed by atoms with van der Waals surface area (Å²) in [5, 5.41) is 4.11. The van der Waals surface area contributed by atoms with E-state index in [1.165, 1.54) is 18.4 Å². The molecule has 1 aliphatic heterocycles. The molecule has 0 N–H and O–H groups in total. The summed E-state index contributed by atoms with van der Waals surface area (Å²) >= 11 is 0. The van der Waals surface area contributed by atoms with Crippen molar-refractivity contribution in [1.29, 1.82) is 0 Å². The van der Waals surface area contributed by atoms with Gasteiger partial charge in [0.25, 0.3) is 0 Å². The first kappa shape index (κ1) is 15.0. The number of aryl methyl sites for hydroxylation is 1. The Morgan fingerprint density at radius 3 is 2.95 bits per heavy atom. The number of nitrogens with zero attached hydrogens (tertiary/aromatic N) is 4. The van der Waals surface area contributed by atoms with Gasteiger partial charge in [-0.1, -0.05) is 5.16 Å². The van der Waals surface area contributed by atoms with Crippen LogP contribution in [0.1, 0.15) is 35.8 Å². The summed E-state index contributed by atoms with van der Waals surface area (Å²) in [6.45, 7) is 5.02. The van der Waals surface area contributed by atoms with Crippen molar-refractivity contribution >= 4 is 5.82 Å². The normalized spacial score (nSPS) is 19.3. The van der Waals surface area contributed by atoms with Crippen LogP contribution in [0.4, 0.5) is 5.82 Å². The highest BCUT2D eigenvalue weighted by Gasteiger charge is 2.22. The summed E-state index contributed by atoms with van der Waals surface area (Å²) < 4.78 is 5.17. The van der Waals surface area contributed by atoms with Crippen molar-refractivity contribution in [2.24, 2.45) is 0 Å². The Hall–Kier alpha value is -1.88. The molecule has 0 aromatic carbocycles. The van der Waals surface area contributed by atoms with E-state index in [1.54, 1.807) is 0 Å². The molecule has 1 aliphatic rings. The van der Waals surface area contributed by atoms with Gasteiger partial charge in [-0.2, -0.15) is 0 Å². The van der Waals surface area contributed by atoms with Crippen molar-refractivity contribution in [2.75, 3.05) is 32.1 Å². The molecule has 0 amide bonds. The summed E-state index contributed by atoms with van der Waals surface area (Å²) in [4.78, 5) is 8.94. The largest absolute Gasteiger partial charge is 0.363 e. The molecule has 0 aliphatic carbocycles. The molecule has 2 aromatic heterocycles. The number of hydrogen-bond donors (Lipinski definition) is 0. The van der Waals surface area contributed by atoms with Crippen molar-refractivity contribution in [3.63, 3.8) is 0 Å². The Balaban J connectivity index is 1.68. The van der Waals surface area contributed by atoms with Crippen LogP contribution in [-0.2, 0) is 6.54 Å². The predicted octanol–water partition coefficient (Wildman–Crippen LogP) is 2.82. The first-order valence-electron chi connectivity index (χ1n) is 7.89. The zero-order valence-electron chi connectivity index (χ0n) is 13.6. The Morgan fingerprint density at radius 2 is 2.23 bits per heavy atom. The first-order valence-corrected chi connectivity index (χ1v) is 7.89. The number of pyridine rings is 1. The molecule has 0 saturated carbocycles. The molecule has 2 aromatic rings. The van der Waals surface area contributed by atoms with Crippen LogP contribution < -0.4 is 4.90 Å². The monoisotopic (exact) mass is 300 g/mol. The van der Waals surface area contributed by atoms with E-state index in [-0.39, 0.29) is 0 Å². The highest BCUT2D eigenvalue weighted by Crippen LogP contribution is 2.29. The van der Waals surface area contributed by atoms with Gasteiger partial charge in [-0.25, -0.2) is 4.98 Å². The van der Waals surface area contributed by atoms with Crippen molar-refractivity contribution in [2.45, 2.75) is 32.2 Å². The average molecular weight is 300 g/mol. The van der Waals surface area contributed by atoms with E-state index >= 15 is 0 Å². The van der Waals surface area contributed by atoms with Crippen molar-refractivity contribution in [3.8, 4) is 0 Å². The maximum absolute atomic E-state index is 5.17. The molecule has 3 rings (SSSR count). The molecule has 0 bridgehead atoms. The molecule has 118 valence electrons. The zero-order valence-corrected chi connectivity index (χ0v) is 13.6. The van der Waals surface area contributed by atoms with Gasteiger partial charge in [0.1, 0.15) is 11.6 Å². The number of anilines is 1. The summed E-state index contributed by atoms with van der Waals surface area (Å²) in [7, 11) is 4.07. The fourth-order valence-electron chi connectivity index (χ4n) is 3.13. The van der Waals surface area contributed by atoms with Gasteiger partial charge in [0.2, 0.25) is 0 Å². The maximum Gasteiger partial charge on any atom is 0.133 e. The van der Waals surface area contributed by atoms with Crippen molar-refractivity contribution in [3.05, 3.63) is 41.4 Å². The van der Waals surface area contributed by atoms with E-state index < -0.39 is 0 Å². The molecular formula is C17H24N4O. The number of hydrogen-bond acceptors (Lipinski definition) is 5. The lowest BCUT2D eigenvalue weighted by molar-refractivity contribution is 0.195. The third kappa shape index (κ3) is 3.47. The number of piperidine rings is 1. The molecule has 0 radical (unpaired) electrons. The maximum atomic E-state index is 5.17. The Labute approximate surface area is 131 Å². The number of likely N-dealkylation sites (tertiary alicyclic amines) is 1. The van der Waals surface area contributed by atoms with Gasteiger partial charge >= 0.3 is 0 Å². The van der Waals surface area contributed by atoms with E-state index in [9.17, 15) is 0 Å². The average Bonchev–Trinajstić information content (AvgIpc) is 2.93. The van der Waals surface area contributed by atoms with Crippen LogP contribution in [0.2, 0.25) is 0 Å². The smallest absolute Gasteiger partial charge is 0.133 e. The Kier molecular flexibility index (Phi) is 4.43. The highest BCUT2D eigenvalue weighted by molar-refractivity contribution is 5.40. The second-order valence-corrected chi connectivity index (χ2v) is 6.34. The van der Waals surface area contributed by atoms with Gasteiger partial charge in [0.05, 0.1) is 5.69 Å². The minimum absolute atomic E-state index is 0.573. The standard InChI is InChI=1S/C17H24N4O/c1-13-9-16(19-22-13)12-21-8-4-5-15(11-21)14-6-7-18-17(10-14)20(2)3/h6-7,9-10,15H,4-5,8,11-12H2,1-3H3. The minimum atomic E-state index is 0.573. The molecule has 1 saturated heterocycles. The highest BCUT2D eigenvalue weighted by atomic mass is 16.5. The van der Waals surface area contributed by atoms with Crippen LogP contribution in [0.25, 0.3) is 0 Å². The number of aromatic nitrogens is 2. The predicted molar refractivity (Wildman–Crippen MR) is 87.1 cm³/mol. The zero-order chi connectivity index (χ0) is 15.5. The van der Waals surface area contributed by atoms with Gasteiger partial charge in [0, 0.05) is 39.4 Å². The van der Waals surface area contributed by atoms with Crippen molar-refractivity contribution in [1.82, 2.24) is 15.0 Å². The molecule has 1 atom stereocenters. The quantitative estimate of drug-likeness (QED) is 0.869. The lowest BCUT2D eigenvalue weighted by Gasteiger charge is -2.32. The van der Waals surface area contributed by atoms with E-state index in [1.807, 2.05) is 33.3 Å². The third-order valence-electron chi connectivity index (χ3n) is 4.27. The molecule has 3 heterocycles. The van der Waals surface area contributed by atoms with Crippen LogP contribution in [0.5, 0.6) is 0 Å². The van der Waals surface area contributed by atoms with Crippen LogP contribution in [0.3, 0.4) is 0 Å². The molecule has 5 heteroatoms. The Morgan fingerprint density at radius 1 is 1.36 bits per heavy atom. The molecule has 5 nitrogen and oxygen atoms in total. The molecule has 0 spiro atoms. The van der Waals surface area contributed by atoms with Crippen LogP contribution in [-0.4, -0.2) is 42.2 Å². The summed E-state index contributed by atoms with van der Waals surface area (Å²) in [6.07, 6.45) is 4.39. The topological polar surface area (TPSA) is 45.4 Å². The summed E-state index contributed by atoms with van der Waals surface area (Å²) in [6, 6.07) is 6.40. The molecule has 1 unspecified atom stereocenters. The lowest BCUT2D eigenvalue weighted by atomic mass is 9.91. The van der Waals surface area contributed by atoms with Crippen molar-refractivity contribution < 1.29 is 4.52 Å². The fraction of sp³-hybridized carbons (Fsp3) is 0.529. The van der Waals surface area contributed by atoms with Gasteiger partial charge in [0.15, 0.2) is 0 Å². The van der Waals surface area contributed by atoms with Gasteiger partial charge < -0.3 is 9.42 Å². The van der Waals surface area contributed by atoms with E-state index in [0.29, 0.717) is 5.92 Å². The fourth-order valence-corrected chi connectivity index (χ4v) is 3.13. The van der Waals surface area contributed by atoms with Gasteiger partial charge in [-0.15, -0.1) is 0 Å². The summed E-state index contributed by atoms with van der Waals surface area (Å²) in [5.74, 6) is 2.48. The SMILES string of the molecule is Cc1cc(CN2CCCC(c3ccnc(N(C)C)c3)C2)no1. The van der Waals surface area contributed by atoms with E-state index in [4.69, 9.17) is 4.52 Å². The molecule has 1 fully saturated rings. The summed E-state index contributed by atoms with van der Waals surface area (Å²) in [5.41, 5.74) is 2.42. The number of rotatable bonds is 4. The van der Waals surface area contributed by atoms with Gasteiger partial charge in [-0.05, 0) is 49.9 Å². The van der Waals surface area contributed by atoms with E-state index in [0.717, 1.165) is 36.9 Å². The van der Waals surface area contributed by atoms with Crippen LogP contribution >= 0.6 is 0 Å². The van der Waals surface area contributed by atoms with Gasteiger partial charge in [-0.3, -0.25) is 4.90 Å².